The molecule has 1 atom stereocenters. The summed E-state index contributed by atoms with van der Waals surface area (Å²) in [6, 6.07) is 7.17. The maximum Gasteiger partial charge on any atom is 0.346 e. The zero-order valence-electron chi connectivity index (χ0n) is 19.8. The van der Waals surface area contributed by atoms with E-state index in [1.165, 1.54) is 12.8 Å². The molecular formula is C24H30N4O8. The van der Waals surface area contributed by atoms with E-state index in [1.807, 2.05) is 6.07 Å². The number of nitrogens with zero attached hydrogens (tertiary/aromatic N) is 3. The molecule has 4 heterocycles. The van der Waals surface area contributed by atoms with Crippen LogP contribution in [0.1, 0.15) is 42.6 Å². The molecule has 1 amide bonds. The summed E-state index contributed by atoms with van der Waals surface area (Å²) < 4.78 is 5.73. The number of H-pyrrole nitrogens is 1. The number of carbonyl (C=O) groups is 4. The van der Waals surface area contributed by atoms with Crippen molar-refractivity contribution in [3.8, 4) is 0 Å². The number of aromatic nitrogens is 2. The zero-order valence-corrected chi connectivity index (χ0v) is 19.8. The van der Waals surface area contributed by atoms with Crippen molar-refractivity contribution < 1.29 is 34.1 Å². The highest BCUT2D eigenvalue weighted by Gasteiger charge is 2.51. The largest absolute Gasteiger partial charge is 0.483 e. The molecule has 3 fully saturated rings. The Balaban J connectivity index is 0.000000550. The van der Waals surface area contributed by atoms with Gasteiger partial charge in [-0.25, -0.2) is 4.79 Å². The van der Waals surface area contributed by atoms with Crippen molar-refractivity contribution in [2.45, 2.75) is 38.2 Å². The van der Waals surface area contributed by atoms with Gasteiger partial charge in [0.1, 0.15) is 11.8 Å². The minimum absolute atomic E-state index is 0.0452. The number of amides is 1. The predicted octanol–water partition coefficient (Wildman–Crippen LogP) is 0.958. The summed E-state index contributed by atoms with van der Waals surface area (Å²) in [5.41, 5.74) is -0.246. The molecule has 2 aromatic rings. The Kier molecular flexibility index (Phi) is 9.12. The number of hydrogen-bond acceptors (Lipinski definition) is 8. The first-order valence-electron chi connectivity index (χ1n) is 11.7. The molecule has 36 heavy (non-hydrogen) atoms. The quantitative estimate of drug-likeness (QED) is 0.406. The van der Waals surface area contributed by atoms with Gasteiger partial charge in [-0.05, 0) is 44.8 Å². The van der Waals surface area contributed by atoms with Crippen LogP contribution in [0.5, 0.6) is 0 Å². The molecule has 0 saturated carbocycles. The highest BCUT2D eigenvalue weighted by Crippen LogP contribution is 2.43. The van der Waals surface area contributed by atoms with Crippen LogP contribution in [0.3, 0.4) is 0 Å². The van der Waals surface area contributed by atoms with Crippen LogP contribution in [-0.2, 0) is 19.1 Å². The van der Waals surface area contributed by atoms with Gasteiger partial charge in [-0.2, -0.15) is 4.98 Å². The Labute approximate surface area is 206 Å². The minimum atomic E-state index is -0.533. The highest BCUT2D eigenvalue weighted by molar-refractivity contribution is 6.04. The van der Waals surface area contributed by atoms with Crippen molar-refractivity contribution in [1.82, 2.24) is 19.8 Å². The number of carboxylic acid groups (broad SMARTS) is 2. The van der Waals surface area contributed by atoms with Crippen molar-refractivity contribution in [2.75, 3.05) is 32.7 Å². The van der Waals surface area contributed by atoms with Crippen LogP contribution in [-0.4, -0.2) is 93.6 Å². The Bertz CT molecular complexity index is 1130. The van der Waals surface area contributed by atoms with Gasteiger partial charge in [0.25, 0.3) is 18.9 Å². The second-order valence-electron chi connectivity index (χ2n) is 8.96. The first-order chi connectivity index (χ1) is 17.4. The number of esters is 1. The molecule has 12 nitrogen and oxygen atoms in total. The van der Waals surface area contributed by atoms with Crippen LogP contribution in [0.4, 0.5) is 0 Å². The van der Waals surface area contributed by atoms with Crippen LogP contribution in [0.2, 0.25) is 0 Å². The van der Waals surface area contributed by atoms with Crippen LogP contribution in [0, 0.1) is 5.41 Å². The number of likely N-dealkylation sites (tertiary alicyclic amines) is 2. The zero-order chi connectivity index (χ0) is 26.1. The monoisotopic (exact) mass is 502 g/mol. The number of ether oxygens (including phenoxy) is 1. The number of benzene rings is 1. The van der Waals surface area contributed by atoms with Crippen molar-refractivity contribution in [3.63, 3.8) is 0 Å². The normalized spacial score (nSPS) is 20.6. The molecule has 3 saturated heterocycles. The topological polar surface area (TPSA) is 170 Å². The van der Waals surface area contributed by atoms with Gasteiger partial charge in [0, 0.05) is 31.4 Å². The molecule has 0 radical (unpaired) electrons. The number of hydrogen-bond donors (Lipinski definition) is 3. The Morgan fingerprint density at radius 2 is 1.69 bits per heavy atom. The molecule has 3 aliphatic rings. The number of carbonyl (C=O) groups excluding carboxylic acids is 2. The van der Waals surface area contributed by atoms with E-state index in [1.54, 1.807) is 23.1 Å². The molecule has 1 unspecified atom stereocenters. The molecule has 0 bridgehead atoms. The summed E-state index contributed by atoms with van der Waals surface area (Å²) in [6.45, 7) is 3.42. The highest BCUT2D eigenvalue weighted by atomic mass is 16.6. The van der Waals surface area contributed by atoms with Gasteiger partial charge < -0.3 is 24.8 Å². The first kappa shape index (κ1) is 26.8. The maximum absolute atomic E-state index is 13.1. The van der Waals surface area contributed by atoms with Gasteiger partial charge in [-0.3, -0.25) is 24.1 Å². The number of para-hydroxylation sites is 1. The van der Waals surface area contributed by atoms with Gasteiger partial charge >= 0.3 is 11.7 Å². The Hall–Kier alpha value is -3.80. The molecule has 0 aliphatic carbocycles. The van der Waals surface area contributed by atoms with Gasteiger partial charge in [0.2, 0.25) is 0 Å². The average Bonchev–Trinajstić information content (AvgIpc) is 3.47. The summed E-state index contributed by atoms with van der Waals surface area (Å²) in [4.78, 5) is 65.2. The minimum Gasteiger partial charge on any atom is -0.483 e. The van der Waals surface area contributed by atoms with Crippen molar-refractivity contribution >= 4 is 35.7 Å². The average molecular weight is 503 g/mol. The maximum atomic E-state index is 13.1. The molecule has 194 valence electrons. The number of piperidine rings is 1. The second kappa shape index (κ2) is 12.2. The number of cyclic esters (lactones) is 1. The molecule has 5 rings (SSSR count). The van der Waals surface area contributed by atoms with Gasteiger partial charge in [-0.15, -0.1) is 0 Å². The fourth-order valence-corrected chi connectivity index (χ4v) is 5.15. The molecule has 1 aromatic carbocycles. The summed E-state index contributed by atoms with van der Waals surface area (Å²) in [7, 11) is 0. The van der Waals surface area contributed by atoms with Gasteiger partial charge in [0.15, 0.2) is 0 Å². The number of rotatable bonds is 3. The summed E-state index contributed by atoms with van der Waals surface area (Å²) in [6.07, 6.45) is 4.30. The van der Waals surface area contributed by atoms with Crippen LogP contribution < -0.4 is 5.69 Å². The second-order valence-corrected chi connectivity index (χ2v) is 8.96. The van der Waals surface area contributed by atoms with Crippen molar-refractivity contribution in [3.05, 3.63) is 40.4 Å². The van der Waals surface area contributed by atoms with E-state index in [0.717, 1.165) is 26.1 Å². The molecule has 3 N–H and O–H groups in total. The lowest BCUT2D eigenvalue weighted by atomic mass is 9.76. The molecule has 1 aromatic heterocycles. The van der Waals surface area contributed by atoms with Gasteiger partial charge in [-0.1, -0.05) is 18.2 Å². The Morgan fingerprint density at radius 3 is 2.33 bits per heavy atom. The van der Waals surface area contributed by atoms with E-state index in [-0.39, 0.29) is 36.6 Å². The number of nitrogens with one attached hydrogen (secondary N) is 1. The lowest BCUT2D eigenvalue weighted by Gasteiger charge is -2.36. The fourth-order valence-electron chi connectivity index (χ4n) is 5.15. The fraction of sp³-hybridized carbons (Fsp3) is 0.500. The third kappa shape index (κ3) is 6.06. The lowest BCUT2D eigenvalue weighted by Crippen LogP contribution is -2.45. The lowest BCUT2D eigenvalue weighted by molar-refractivity contribution is -0.151. The molecule has 1 spiro atoms. The van der Waals surface area contributed by atoms with E-state index in [9.17, 15) is 14.4 Å². The van der Waals surface area contributed by atoms with Crippen LogP contribution in [0.15, 0.2) is 29.1 Å². The first-order valence-corrected chi connectivity index (χ1v) is 11.7. The van der Waals surface area contributed by atoms with Gasteiger partial charge in [0.05, 0.1) is 10.9 Å². The van der Waals surface area contributed by atoms with Crippen molar-refractivity contribution in [1.29, 1.82) is 0 Å². The number of aromatic amines is 1. The van der Waals surface area contributed by atoms with E-state index in [2.05, 4.69) is 14.9 Å². The van der Waals surface area contributed by atoms with Crippen LogP contribution >= 0.6 is 0 Å². The van der Waals surface area contributed by atoms with E-state index in [0.29, 0.717) is 36.8 Å². The summed E-state index contributed by atoms with van der Waals surface area (Å²) >= 11 is 0. The Morgan fingerprint density at radius 1 is 1.08 bits per heavy atom. The number of fused-ring (bicyclic) bond motifs is 1. The van der Waals surface area contributed by atoms with Crippen molar-refractivity contribution in [2.24, 2.45) is 5.41 Å². The predicted molar refractivity (Wildman–Crippen MR) is 127 cm³/mol. The standard InChI is InChI=1S/C22H26N4O4.2CH2O2/c27-19(18-16-5-1-2-6-17(16)23-21(29)24-18)26-11-7-22(8-12-26)13-15(30-20(22)28)14-25-9-3-4-10-25;2*2-1-3/h1-2,5-6,15H,3-4,7-14H2,(H,23,24,29);2*1H,(H,2,3). The van der Waals surface area contributed by atoms with Crippen LogP contribution in [0.25, 0.3) is 10.9 Å². The third-order valence-electron chi connectivity index (χ3n) is 6.83. The summed E-state index contributed by atoms with van der Waals surface area (Å²) in [5.74, 6) is -0.370. The molecule has 12 heteroatoms. The SMILES string of the molecule is O=C(c1nc(=O)[nH]c2ccccc12)N1CCC2(CC1)CC(CN1CCCC1)OC2=O.O=CO.O=CO. The van der Waals surface area contributed by atoms with E-state index < -0.39 is 11.1 Å². The molecular weight excluding hydrogens is 472 g/mol. The smallest absolute Gasteiger partial charge is 0.346 e. The summed E-state index contributed by atoms with van der Waals surface area (Å²) in [5, 5.41) is 14.4. The van der Waals surface area contributed by atoms with E-state index in [4.69, 9.17) is 24.5 Å². The third-order valence-corrected chi connectivity index (χ3v) is 6.83. The molecule has 3 aliphatic heterocycles. The van der Waals surface area contributed by atoms with E-state index >= 15 is 0 Å².